The molecular formula is C17H27N3O. The summed E-state index contributed by atoms with van der Waals surface area (Å²) in [6, 6.07) is 8.27. The standard InChI is InChI=1S/C17H27N3O/c1-13-5-7-14(8-6-13)9-10-15(20-12-19-11-18)16(21)17(2,3)4/h5-8,11-12,15-16,21H,9-10H2,1-4H3,(H2,18,19,20). The van der Waals surface area contributed by atoms with Gasteiger partial charge in [0.05, 0.1) is 18.5 Å². The molecule has 2 atom stereocenters. The largest absolute Gasteiger partial charge is 0.390 e. The van der Waals surface area contributed by atoms with Gasteiger partial charge in [0.15, 0.2) is 0 Å². The summed E-state index contributed by atoms with van der Waals surface area (Å²) in [5.74, 6) is 0. The molecule has 0 fully saturated rings. The SMILES string of the molecule is Cc1ccc(CCC(N=CN=CN)C(O)C(C)(C)C)cc1. The van der Waals surface area contributed by atoms with Crippen LogP contribution in [0.5, 0.6) is 0 Å². The number of nitrogens with zero attached hydrogens (tertiary/aromatic N) is 2. The molecule has 1 aromatic rings. The molecule has 4 nitrogen and oxygen atoms in total. The summed E-state index contributed by atoms with van der Waals surface area (Å²) in [5, 5.41) is 10.5. The highest BCUT2D eigenvalue weighted by Gasteiger charge is 2.29. The number of benzene rings is 1. The second kappa shape index (κ2) is 7.93. The van der Waals surface area contributed by atoms with Gasteiger partial charge in [0.1, 0.15) is 6.34 Å². The molecule has 0 heterocycles. The molecule has 1 rings (SSSR count). The van der Waals surface area contributed by atoms with Crippen molar-refractivity contribution in [2.75, 3.05) is 0 Å². The lowest BCUT2D eigenvalue weighted by atomic mass is 9.83. The second-order valence-corrected chi connectivity index (χ2v) is 6.47. The molecule has 0 aliphatic carbocycles. The summed E-state index contributed by atoms with van der Waals surface area (Å²) in [7, 11) is 0. The molecule has 116 valence electrons. The van der Waals surface area contributed by atoms with Crippen LogP contribution in [0.2, 0.25) is 0 Å². The van der Waals surface area contributed by atoms with E-state index in [-0.39, 0.29) is 11.5 Å². The number of hydrogen-bond donors (Lipinski definition) is 2. The van der Waals surface area contributed by atoms with Crippen LogP contribution in [-0.2, 0) is 6.42 Å². The molecule has 1 aromatic carbocycles. The van der Waals surface area contributed by atoms with Crippen molar-refractivity contribution in [3.05, 3.63) is 35.4 Å². The fraction of sp³-hybridized carbons (Fsp3) is 0.529. The molecule has 0 aromatic heterocycles. The van der Waals surface area contributed by atoms with Crippen molar-refractivity contribution in [2.24, 2.45) is 21.1 Å². The summed E-state index contributed by atoms with van der Waals surface area (Å²) >= 11 is 0. The zero-order chi connectivity index (χ0) is 15.9. The Balaban J connectivity index is 2.74. The number of hydrogen-bond acceptors (Lipinski definition) is 2. The minimum Gasteiger partial charge on any atom is -0.390 e. The molecule has 0 saturated heterocycles. The van der Waals surface area contributed by atoms with Crippen molar-refractivity contribution >= 4 is 12.7 Å². The zero-order valence-electron chi connectivity index (χ0n) is 13.5. The van der Waals surface area contributed by atoms with Crippen molar-refractivity contribution in [1.29, 1.82) is 0 Å². The average Bonchev–Trinajstić information content (AvgIpc) is 2.43. The first-order chi connectivity index (χ1) is 9.84. The summed E-state index contributed by atoms with van der Waals surface area (Å²) in [6.45, 7) is 8.11. The number of aliphatic imine (C=N–C) groups is 2. The molecule has 3 N–H and O–H groups in total. The van der Waals surface area contributed by atoms with E-state index in [2.05, 4.69) is 41.2 Å². The van der Waals surface area contributed by atoms with Crippen LogP contribution >= 0.6 is 0 Å². The van der Waals surface area contributed by atoms with Crippen LogP contribution in [0.3, 0.4) is 0 Å². The minimum absolute atomic E-state index is 0.185. The van der Waals surface area contributed by atoms with Crippen molar-refractivity contribution < 1.29 is 5.11 Å². The summed E-state index contributed by atoms with van der Waals surface area (Å²) < 4.78 is 0. The fourth-order valence-electron chi connectivity index (χ4n) is 2.12. The van der Waals surface area contributed by atoms with Gasteiger partial charge in [-0.05, 0) is 30.7 Å². The smallest absolute Gasteiger partial charge is 0.112 e. The molecule has 4 heteroatoms. The molecule has 2 unspecified atom stereocenters. The lowest BCUT2D eigenvalue weighted by Gasteiger charge is -2.30. The maximum atomic E-state index is 10.5. The van der Waals surface area contributed by atoms with E-state index in [1.807, 2.05) is 20.8 Å². The Morgan fingerprint density at radius 2 is 1.86 bits per heavy atom. The Hall–Kier alpha value is -1.68. The maximum absolute atomic E-state index is 10.5. The molecule has 0 radical (unpaired) electrons. The molecular weight excluding hydrogens is 262 g/mol. The number of aryl methyl sites for hydroxylation is 2. The highest BCUT2D eigenvalue weighted by atomic mass is 16.3. The quantitative estimate of drug-likeness (QED) is 0.624. The number of aliphatic hydroxyl groups excluding tert-OH is 1. The van der Waals surface area contributed by atoms with E-state index >= 15 is 0 Å². The molecule has 0 spiro atoms. The Morgan fingerprint density at radius 3 is 2.38 bits per heavy atom. The number of rotatable bonds is 6. The third kappa shape index (κ3) is 6.08. The van der Waals surface area contributed by atoms with Crippen LogP contribution in [-0.4, -0.2) is 29.9 Å². The first-order valence-electron chi connectivity index (χ1n) is 7.33. The van der Waals surface area contributed by atoms with Gasteiger partial charge >= 0.3 is 0 Å². The van der Waals surface area contributed by atoms with Crippen LogP contribution in [0.25, 0.3) is 0 Å². The van der Waals surface area contributed by atoms with Gasteiger partial charge in [0, 0.05) is 0 Å². The van der Waals surface area contributed by atoms with Gasteiger partial charge in [-0.3, -0.25) is 4.99 Å². The van der Waals surface area contributed by atoms with Crippen molar-refractivity contribution in [2.45, 2.75) is 52.7 Å². The number of aliphatic hydroxyl groups is 1. The monoisotopic (exact) mass is 289 g/mol. The molecule has 0 saturated carbocycles. The Bertz CT molecular complexity index is 472. The van der Waals surface area contributed by atoms with Gasteiger partial charge in [0.2, 0.25) is 0 Å². The van der Waals surface area contributed by atoms with Crippen LogP contribution < -0.4 is 5.73 Å². The van der Waals surface area contributed by atoms with Gasteiger partial charge in [0.25, 0.3) is 0 Å². The van der Waals surface area contributed by atoms with Crippen molar-refractivity contribution in [3.63, 3.8) is 0 Å². The zero-order valence-corrected chi connectivity index (χ0v) is 13.5. The van der Waals surface area contributed by atoms with E-state index in [1.165, 1.54) is 23.8 Å². The van der Waals surface area contributed by atoms with Crippen LogP contribution in [0.1, 0.15) is 38.3 Å². The van der Waals surface area contributed by atoms with Crippen molar-refractivity contribution in [3.8, 4) is 0 Å². The van der Waals surface area contributed by atoms with E-state index in [4.69, 9.17) is 5.73 Å². The fourth-order valence-corrected chi connectivity index (χ4v) is 2.12. The molecule has 0 amide bonds. The van der Waals surface area contributed by atoms with Gasteiger partial charge in [-0.25, -0.2) is 4.99 Å². The summed E-state index contributed by atoms with van der Waals surface area (Å²) in [5.41, 5.74) is 7.49. The Labute approximate surface area is 127 Å². The normalized spacial score (nSPS) is 15.7. The molecule has 21 heavy (non-hydrogen) atoms. The van der Waals surface area contributed by atoms with Gasteiger partial charge < -0.3 is 10.8 Å². The summed E-state index contributed by atoms with van der Waals surface area (Å²) in [6.07, 6.45) is 3.76. The first-order valence-corrected chi connectivity index (χ1v) is 7.33. The highest BCUT2D eigenvalue weighted by molar-refractivity contribution is 5.69. The average molecular weight is 289 g/mol. The Morgan fingerprint density at radius 1 is 1.24 bits per heavy atom. The van der Waals surface area contributed by atoms with Crippen LogP contribution in [0, 0.1) is 12.3 Å². The highest BCUT2D eigenvalue weighted by Crippen LogP contribution is 2.25. The second-order valence-electron chi connectivity index (χ2n) is 6.47. The van der Waals surface area contributed by atoms with E-state index < -0.39 is 6.10 Å². The van der Waals surface area contributed by atoms with E-state index in [1.54, 1.807) is 0 Å². The van der Waals surface area contributed by atoms with Gasteiger partial charge in [-0.15, -0.1) is 0 Å². The first kappa shape index (κ1) is 17.4. The Kier molecular flexibility index (Phi) is 6.56. The minimum atomic E-state index is -0.521. The summed E-state index contributed by atoms with van der Waals surface area (Å²) in [4.78, 5) is 8.15. The third-order valence-electron chi connectivity index (χ3n) is 3.51. The van der Waals surface area contributed by atoms with Crippen LogP contribution in [0.15, 0.2) is 34.3 Å². The topological polar surface area (TPSA) is 71.0 Å². The number of nitrogens with two attached hydrogens (primary N) is 1. The van der Waals surface area contributed by atoms with E-state index in [0.29, 0.717) is 0 Å². The van der Waals surface area contributed by atoms with Gasteiger partial charge in [-0.2, -0.15) is 0 Å². The van der Waals surface area contributed by atoms with Gasteiger partial charge in [-0.1, -0.05) is 50.6 Å². The van der Waals surface area contributed by atoms with E-state index in [9.17, 15) is 5.11 Å². The third-order valence-corrected chi connectivity index (χ3v) is 3.51. The van der Waals surface area contributed by atoms with E-state index in [0.717, 1.165) is 12.8 Å². The van der Waals surface area contributed by atoms with Crippen LogP contribution in [0.4, 0.5) is 0 Å². The molecule has 0 aliphatic rings. The molecule has 0 bridgehead atoms. The predicted molar refractivity (Wildman–Crippen MR) is 89.9 cm³/mol. The lowest BCUT2D eigenvalue weighted by Crippen LogP contribution is -2.37. The lowest BCUT2D eigenvalue weighted by molar-refractivity contribution is 0.0391. The molecule has 0 aliphatic heterocycles. The van der Waals surface area contributed by atoms with Crippen molar-refractivity contribution in [1.82, 2.24) is 0 Å². The predicted octanol–water partition coefficient (Wildman–Crippen LogP) is 2.72. The maximum Gasteiger partial charge on any atom is 0.112 e.